The lowest BCUT2D eigenvalue weighted by Gasteiger charge is -2.06. The van der Waals surface area contributed by atoms with Crippen LogP contribution in [0.3, 0.4) is 0 Å². The van der Waals surface area contributed by atoms with E-state index in [9.17, 15) is 4.79 Å². The number of anilines is 1. The van der Waals surface area contributed by atoms with Crippen molar-refractivity contribution in [3.8, 4) is 0 Å². The molecule has 1 amide bonds. The standard InChI is InChI=1S/C13H14N4O/c14-11-4-2-7-16-12(11)13(18)17-8-5-10-3-1-6-15-9-10/h1-4,6-7,9H,5,8,14H2,(H,17,18). The van der Waals surface area contributed by atoms with Gasteiger partial charge in [0.05, 0.1) is 5.69 Å². The van der Waals surface area contributed by atoms with Gasteiger partial charge in [-0.1, -0.05) is 6.07 Å². The third-order valence-electron chi connectivity index (χ3n) is 2.48. The van der Waals surface area contributed by atoms with E-state index >= 15 is 0 Å². The first-order chi connectivity index (χ1) is 8.77. The first-order valence-corrected chi connectivity index (χ1v) is 5.65. The number of hydrogen-bond acceptors (Lipinski definition) is 4. The molecule has 0 spiro atoms. The zero-order valence-corrected chi connectivity index (χ0v) is 9.84. The molecule has 0 unspecified atom stereocenters. The number of nitrogens with zero attached hydrogens (tertiary/aromatic N) is 2. The van der Waals surface area contributed by atoms with Crippen LogP contribution >= 0.6 is 0 Å². The maximum Gasteiger partial charge on any atom is 0.272 e. The molecule has 0 saturated carbocycles. The molecule has 2 aromatic heterocycles. The Morgan fingerprint density at radius 3 is 2.83 bits per heavy atom. The van der Waals surface area contributed by atoms with Gasteiger partial charge in [0, 0.05) is 25.1 Å². The Bertz CT molecular complexity index is 528. The molecule has 0 saturated heterocycles. The van der Waals surface area contributed by atoms with Crippen molar-refractivity contribution in [1.82, 2.24) is 15.3 Å². The van der Waals surface area contributed by atoms with E-state index in [1.165, 1.54) is 0 Å². The maximum atomic E-state index is 11.8. The number of amides is 1. The van der Waals surface area contributed by atoms with E-state index in [1.54, 1.807) is 30.7 Å². The summed E-state index contributed by atoms with van der Waals surface area (Å²) in [6.07, 6.45) is 5.77. The molecule has 2 heterocycles. The molecule has 0 atom stereocenters. The smallest absolute Gasteiger partial charge is 0.272 e. The third kappa shape index (κ3) is 3.04. The molecular formula is C13H14N4O. The van der Waals surface area contributed by atoms with E-state index in [2.05, 4.69) is 15.3 Å². The summed E-state index contributed by atoms with van der Waals surface area (Å²) in [6.45, 7) is 0.528. The van der Waals surface area contributed by atoms with E-state index < -0.39 is 0 Å². The van der Waals surface area contributed by atoms with Gasteiger partial charge in [-0.25, -0.2) is 4.98 Å². The number of carbonyl (C=O) groups excluding carboxylic acids is 1. The van der Waals surface area contributed by atoms with Crippen LogP contribution in [0.5, 0.6) is 0 Å². The molecule has 0 aliphatic rings. The van der Waals surface area contributed by atoms with E-state index in [0.29, 0.717) is 12.2 Å². The van der Waals surface area contributed by atoms with E-state index in [1.807, 2.05) is 12.1 Å². The minimum Gasteiger partial charge on any atom is -0.397 e. The highest BCUT2D eigenvalue weighted by atomic mass is 16.1. The topological polar surface area (TPSA) is 80.9 Å². The molecule has 2 aromatic rings. The number of hydrogen-bond donors (Lipinski definition) is 2. The van der Waals surface area contributed by atoms with Gasteiger partial charge in [-0.2, -0.15) is 0 Å². The molecule has 18 heavy (non-hydrogen) atoms. The molecule has 0 fully saturated rings. The lowest BCUT2D eigenvalue weighted by Crippen LogP contribution is -2.27. The molecule has 2 rings (SSSR count). The minimum absolute atomic E-state index is 0.253. The Labute approximate surface area is 105 Å². The SMILES string of the molecule is Nc1cccnc1C(=O)NCCc1cccnc1. The van der Waals surface area contributed by atoms with Crippen LogP contribution in [0.25, 0.3) is 0 Å². The van der Waals surface area contributed by atoms with Crippen molar-refractivity contribution in [3.05, 3.63) is 54.1 Å². The Morgan fingerprint density at radius 1 is 1.28 bits per heavy atom. The number of pyridine rings is 2. The fraction of sp³-hybridized carbons (Fsp3) is 0.154. The van der Waals surface area contributed by atoms with Crippen LogP contribution in [0.1, 0.15) is 16.1 Å². The van der Waals surface area contributed by atoms with Gasteiger partial charge in [0.25, 0.3) is 5.91 Å². The van der Waals surface area contributed by atoms with Crippen molar-refractivity contribution < 1.29 is 4.79 Å². The molecule has 5 nitrogen and oxygen atoms in total. The summed E-state index contributed by atoms with van der Waals surface area (Å²) in [7, 11) is 0. The average Bonchev–Trinajstić information content (AvgIpc) is 2.40. The van der Waals surface area contributed by atoms with E-state index in [4.69, 9.17) is 5.73 Å². The van der Waals surface area contributed by atoms with Crippen molar-refractivity contribution in [2.24, 2.45) is 0 Å². The van der Waals surface area contributed by atoms with Gasteiger partial charge in [0.1, 0.15) is 0 Å². The third-order valence-corrected chi connectivity index (χ3v) is 2.48. The van der Waals surface area contributed by atoms with Crippen LogP contribution in [0.2, 0.25) is 0 Å². The van der Waals surface area contributed by atoms with Crippen molar-refractivity contribution in [3.63, 3.8) is 0 Å². The summed E-state index contributed by atoms with van der Waals surface area (Å²) in [5, 5.41) is 2.78. The molecule has 0 radical (unpaired) electrons. The summed E-state index contributed by atoms with van der Waals surface area (Å²) < 4.78 is 0. The Hall–Kier alpha value is -2.43. The molecule has 0 aromatic carbocycles. The van der Waals surface area contributed by atoms with Gasteiger partial charge in [0.15, 0.2) is 5.69 Å². The van der Waals surface area contributed by atoms with E-state index in [0.717, 1.165) is 12.0 Å². The molecule has 0 aliphatic heterocycles. The summed E-state index contributed by atoms with van der Waals surface area (Å²) in [4.78, 5) is 19.8. The van der Waals surface area contributed by atoms with Crippen molar-refractivity contribution >= 4 is 11.6 Å². The van der Waals surface area contributed by atoms with Gasteiger partial charge in [-0.05, 0) is 30.2 Å². The van der Waals surface area contributed by atoms with Gasteiger partial charge in [0.2, 0.25) is 0 Å². The molecule has 92 valence electrons. The largest absolute Gasteiger partial charge is 0.397 e. The number of aromatic nitrogens is 2. The number of nitrogens with two attached hydrogens (primary N) is 1. The molecule has 3 N–H and O–H groups in total. The Kier molecular flexibility index (Phi) is 3.86. The second kappa shape index (κ2) is 5.77. The van der Waals surface area contributed by atoms with Crippen LogP contribution < -0.4 is 11.1 Å². The molecule has 5 heteroatoms. The summed E-state index contributed by atoms with van der Waals surface area (Å²) in [6, 6.07) is 7.19. The van der Waals surface area contributed by atoms with Crippen LogP contribution in [-0.2, 0) is 6.42 Å². The Morgan fingerprint density at radius 2 is 2.11 bits per heavy atom. The lowest BCUT2D eigenvalue weighted by atomic mass is 10.2. The minimum atomic E-state index is -0.253. The summed E-state index contributed by atoms with van der Waals surface area (Å²) in [5.41, 5.74) is 7.40. The highest BCUT2D eigenvalue weighted by molar-refractivity contribution is 5.96. The van der Waals surface area contributed by atoms with E-state index in [-0.39, 0.29) is 11.6 Å². The van der Waals surface area contributed by atoms with Crippen LogP contribution in [0, 0.1) is 0 Å². The number of rotatable bonds is 4. The first kappa shape index (κ1) is 12.0. The summed E-state index contributed by atoms with van der Waals surface area (Å²) >= 11 is 0. The average molecular weight is 242 g/mol. The number of nitrogen functional groups attached to an aromatic ring is 1. The van der Waals surface area contributed by atoms with Crippen LogP contribution in [-0.4, -0.2) is 22.4 Å². The Balaban J connectivity index is 1.88. The number of nitrogens with one attached hydrogen (secondary N) is 1. The highest BCUT2D eigenvalue weighted by Crippen LogP contribution is 2.06. The lowest BCUT2D eigenvalue weighted by molar-refractivity contribution is 0.0950. The van der Waals surface area contributed by atoms with Gasteiger partial charge < -0.3 is 11.1 Å². The number of carbonyl (C=O) groups is 1. The normalized spacial score (nSPS) is 10.0. The van der Waals surface area contributed by atoms with Gasteiger partial charge >= 0.3 is 0 Å². The zero-order valence-electron chi connectivity index (χ0n) is 9.84. The van der Waals surface area contributed by atoms with Gasteiger partial charge in [-0.3, -0.25) is 9.78 Å². The quantitative estimate of drug-likeness (QED) is 0.839. The predicted molar refractivity (Wildman–Crippen MR) is 68.9 cm³/mol. The van der Waals surface area contributed by atoms with Crippen molar-refractivity contribution in [2.75, 3.05) is 12.3 Å². The van der Waals surface area contributed by atoms with Crippen LogP contribution in [0.15, 0.2) is 42.9 Å². The van der Waals surface area contributed by atoms with Crippen molar-refractivity contribution in [1.29, 1.82) is 0 Å². The summed E-state index contributed by atoms with van der Waals surface area (Å²) in [5.74, 6) is -0.253. The fourth-order valence-electron chi connectivity index (χ4n) is 1.56. The second-order valence-corrected chi connectivity index (χ2v) is 3.81. The zero-order chi connectivity index (χ0) is 12.8. The highest BCUT2D eigenvalue weighted by Gasteiger charge is 2.09. The monoisotopic (exact) mass is 242 g/mol. The molecular weight excluding hydrogens is 228 g/mol. The fourth-order valence-corrected chi connectivity index (χ4v) is 1.56. The van der Waals surface area contributed by atoms with Gasteiger partial charge in [-0.15, -0.1) is 0 Å². The second-order valence-electron chi connectivity index (χ2n) is 3.81. The predicted octanol–water partition coefficient (Wildman–Crippen LogP) is 1.03. The van der Waals surface area contributed by atoms with Crippen molar-refractivity contribution in [2.45, 2.75) is 6.42 Å². The maximum absolute atomic E-state index is 11.8. The first-order valence-electron chi connectivity index (χ1n) is 5.65. The van der Waals surface area contributed by atoms with Crippen LogP contribution in [0.4, 0.5) is 5.69 Å². The molecule has 0 aliphatic carbocycles. The molecule has 0 bridgehead atoms.